The molecule has 1 heterocycles. The van der Waals surface area contributed by atoms with Crippen molar-refractivity contribution in [3.63, 3.8) is 0 Å². The van der Waals surface area contributed by atoms with Crippen molar-refractivity contribution in [3.05, 3.63) is 35.9 Å². The van der Waals surface area contributed by atoms with Crippen LogP contribution in [0.15, 0.2) is 30.3 Å². The smallest absolute Gasteiger partial charge is 0.0817 e. The molecule has 1 aliphatic heterocycles. The Balaban J connectivity index is 1.62. The lowest BCUT2D eigenvalue weighted by atomic mass is 10.1. The van der Waals surface area contributed by atoms with Gasteiger partial charge >= 0.3 is 0 Å². The summed E-state index contributed by atoms with van der Waals surface area (Å²) in [6.45, 7) is 2.38. The zero-order valence-electron chi connectivity index (χ0n) is 10.1. The van der Waals surface area contributed by atoms with E-state index in [1.54, 1.807) is 0 Å². The van der Waals surface area contributed by atoms with E-state index in [1.807, 2.05) is 0 Å². The van der Waals surface area contributed by atoms with Crippen molar-refractivity contribution in [1.82, 2.24) is 4.90 Å². The third-order valence-electron chi connectivity index (χ3n) is 4.00. The van der Waals surface area contributed by atoms with Gasteiger partial charge in [-0.2, -0.15) is 0 Å². The molecule has 2 fully saturated rings. The Morgan fingerprint density at radius 2 is 1.76 bits per heavy atom. The van der Waals surface area contributed by atoms with Crippen molar-refractivity contribution < 1.29 is 0 Å². The fourth-order valence-corrected chi connectivity index (χ4v) is 3.33. The van der Waals surface area contributed by atoms with Crippen LogP contribution in [-0.4, -0.2) is 23.0 Å². The molecule has 1 saturated heterocycles. The lowest BCUT2D eigenvalue weighted by Crippen LogP contribution is -2.35. The number of hydrogen-bond donors (Lipinski definition) is 0. The molecule has 0 N–H and O–H groups in total. The van der Waals surface area contributed by atoms with Crippen LogP contribution >= 0.6 is 12.2 Å². The molecule has 90 valence electrons. The Morgan fingerprint density at radius 1 is 1.06 bits per heavy atom. The minimum atomic E-state index is 0.644. The van der Waals surface area contributed by atoms with Gasteiger partial charge in [0.1, 0.15) is 0 Å². The zero-order chi connectivity index (χ0) is 11.7. The number of benzene rings is 1. The summed E-state index contributed by atoms with van der Waals surface area (Å²) >= 11 is 5.66. The molecule has 1 aromatic carbocycles. The molecule has 0 aromatic heterocycles. The molecule has 2 unspecified atom stereocenters. The molecular formula is C15H19NS. The number of nitrogens with zero attached hydrogens (tertiary/aromatic N) is 1. The summed E-state index contributed by atoms with van der Waals surface area (Å²) in [6, 6.07) is 10.8. The molecule has 2 atom stereocenters. The summed E-state index contributed by atoms with van der Waals surface area (Å²) in [4.78, 5) is 3.69. The fraction of sp³-hybridized carbons (Fsp3) is 0.533. The number of likely N-dealkylation sites (tertiary alicyclic amines) is 1. The van der Waals surface area contributed by atoms with Crippen LogP contribution in [0.5, 0.6) is 0 Å². The van der Waals surface area contributed by atoms with E-state index < -0.39 is 0 Å². The Morgan fingerprint density at radius 3 is 2.47 bits per heavy atom. The van der Waals surface area contributed by atoms with Crippen LogP contribution in [0, 0.1) is 5.92 Å². The monoisotopic (exact) mass is 245 g/mol. The summed E-state index contributed by atoms with van der Waals surface area (Å²) in [5.74, 6) is 1.34. The molecule has 1 aromatic rings. The number of rotatable bonds is 2. The van der Waals surface area contributed by atoms with Gasteiger partial charge in [0.25, 0.3) is 0 Å². The highest BCUT2D eigenvalue weighted by Crippen LogP contribution is 2.49. The molecule has 2 heteroatoms. The molecule has 0 spiro atoms. The molecule has 3 rings (SSSR count). The van der Waals surface area contributed by atoms with E-state index in [0.717, 1.165) is 0 Å². The van der Waals surface area contributed by atoms with Crippen molar-refractivity contribution >= 4 is 17.2 Å². The minimum absolute atomic E-state index is 0.644. The van der Waals surface area contributed by atoms with Crippen molar-refractivity contribution in [2.45, 2.75) is 31.6 Å². The highest BCUT2D eigenvalue weighted by molar-refractivity contribution is 7.80. The molecule has 17 heavy (non-hydrogen) atoms. The van der Waals surface area contributed by atoms with E-state index in [0.29, 0.717) is 11.8 Å². The first kappa shape index (κ1) is 11.2. The second-order valence-electron chi connectivity index (χ2n) is 5.25. The van der Waals surface area contributed by atoms with Gasteiger partial charge in [0.2, 0.25) is 0 Å². The lowest BCUT2D eigenvalue weighted by Gasteiger charge is -2.29. The first-order chi connectivity index (χ1) is 8.36. The van der Waals surface area contributed by atoms with Gasteiger partial charge in [-0.05, 0) is 37.2 Å². The van der Waals surface area contributed by atoms with Crippen LogP contribution < -0.4 is 0 Å². The van der Waals surface area contributed by atoms with E-state index in [2.05, 4.69) is 35.2 Å². The van der Waals surface area contributed by atoms with Crippen molar-refractivity contribution in [3.8, 4) is 0 Å². The Labute approximate surface area is 109 Å². The normalized spacial score (nSPS) is 27.9. The predicted octanol–water partition coefficient (Wildman–Crippen LogP) is 3.60. The first-order valence-corrected chi connectivity index (χ1v) is 7.11. The van der Waals surface area contributed by atoms with Crippen molar-refractivity contribution in [2.24, 2.45) is 5.92 Å². The van der Waals surface area contributed by atoms with Crippen LogP contribution in [0.3, 0.4) is 0 Å². The quantitative estimate of drug-likeness (QED) is 0.732. The van der Waals surface area contributed by atoms with Gasteiger partial charge in [-0.15, -0.1) is 0 Å². The maximum atomic E-state index is 5.66. The number of hydrogen-bond acceptors (Lipinski definition) is 1. The molecule has 0 amide bonds. The molecular weight excluding hydrogens is 226 g/mol. The third kappa shape index (κ3) is 2.37. The fourth-order valence-electron chi connectivity index (χ4n) is 2.89. The maximum Gasteiger partial charge on any atom is 0.0817 e. The minimum Gasteiger partial charge on any atom is -0.366 e. The maximum absolute atomic E-state index is 5.66. The van der Waals surface area contributed by atoms with Gasteiger partial charge in [0, 0.05) is 19.0 Å². The number of piperidine rings is 1. The molecule has 0 bridgehead atoms. The second-order valence-corrected chi connectivity index (χ2v) is 5.66. The predicted molar refractivity (Wildman–Crippen MR) is 75.3 cm³/mol. The molecule has 2 aliphatic rings. The Bertz CT molecular complexity index is 395. The third-order valence-corrected chi connectivity index (χ3v) is 4.56. The van der Waals surface area contributed by atoms with E-state index in [-0.39, 0.29) is 0 Å². The van der Waals surface area contributed by atoms with E-state index in [1.165, 1.54) is 49.3 Å². The summed E-state index contributed by atoms with van der Waals surface area (Å²) in [6.07, 6.45) is 5.29. The van der Waals surface area contributed by atoms with Gasteiger partial charge in [0.15, 0.2) is 0 Å². The summed E-state index contributed by atoms with van der Waals surface area (Å²) in [5, 5.41) is 0. The summed E-state index contributed by atoms with van der Waals surface area (Å²) in [7, 11) is 0. The van der Waals surface area contributed by atoms with Crippen molar-refractivity contribution in [1.29, 1.82) is 0 Å². The standard InChI is InChI=1S/C15H19NS/c17-15(16-9-5-2-6-10-16)14-11-13(14)12-7-3-1-4-8-12/h1,3-4,7-8,13-14H,2,5-6,9-11H2. The highest BCUT2D eigenvalue weighted by Gasteiger charge is 2.43. The number of thiocarbonyl (C=S) groups is 1. The van der Waals surface area contributed by atoms with Gasteiger partial charge in [-0.25, -0.2) is 0 Å². The molecule has 1 saturated carbocycles. The van der Waals surface area contributed by atoms with Crippen LogP contribution in [0.1, 0.15) is 37.2 Å². The average molecular weight is 245 g/mol. The van der Waals surface area contributed by atoms with E-state index in [9.17, 15) is 0 Å². The van der Waals surface area contributed by atoms with Gasteiger partial charge in [-0.1, -0.05) is 42.5 Å². The highest BCUT2D eigenvalue weighted by atomic mass is 32.1. The van der Waals surface area contributed by atoms with E-state index in [4.69, 9.17) is 12.2 Å². The largest absolute Gasteiger partial charge is 0.366 e. The van der Waals surface area contributed by atoms with Crippen LogP contribution in [0.25, 0.3) is 0 Å². The summed E-state index contributed by atoms with van der Waals surface area (Å²) in [5.41, 5.74) is 1.47. The zero-order valence-corrected chi connectivity index (χ0v) is 11.0. The average Bonchev–Trinajstić information content (AvgIpc) is 3.20. The molecule has 0 radical (unpaired) electrons. The molecule has 1 aliphatic carbocycles. The van der Waals surface area contributed by atoms with Crippen molar-refractivity contribution in [2.75, 3.05) is 13.1 Å². The van der Waals surface area contributed by atoms with Crippen LogP contribution in [0.4, 0.5) is 0 Å². The topological polar surface area (TPSA) is 3.24 Å². The lowest BCUT2D eigenvalue weighted by molar-refractivity contribution is 0.340. The van der Waals surface area contributed by atoms with Gasteiger partial charge in [0.05, 0.1) is 4.99 Å². The SMILES string of the molecule is S=C(C1CC1c1ccccc1)N1CCCCC1. The first-order valence-electron chi connectivity index (χ1n) is 6.70. The molecule has 1 nitrogen and oxygen atoms in total. The van der Waals surface area contributed by atoms with E-state index >= 15 is 0 Å². The van der Waals surface area contributed by atoms with Crippen LogP contribution in [0.2, 0.25) is 0 Å². The summed E-state index contributed by atoms with van der Waals surface area (Å²) < 4.78 is 0. The Hall–Kier alpha value is -0.890. The Kier molecular flexibility index (Phi) is 3.15. The second kappa shape index (κ2) is 4.77. The van der Waals surface area contributed by atoms with Gasteiger partial charge < -0.3 is 4.90 Å². The van der Waals surface area contributed by atoms with Gasteiger partial charge in [-0.3, -0.25) is 0 Å². The van der Waals surface area contributed by atoms with Crippen LogP contribution in [-0.2, 0) is 0 Å².